The van der Waals surface area contributed by atoms with Crippen molar-refractivity contribution in [3.63, 3.8) is 0 Å². The van der Waals surface area contributed by atoms with Crippen molar-refractivity contribution < 1.29 is 4.42 Å². The van der Waals surface area contributed by atoms with Gasteiger partial charge in [-0.15, -0.1) is 0 Å². The lowest BCUT2D eigenvalue weighted by molar-refractivity contribution is 0.660. The maximum atomic E-state index is 11.2. The Balaban J connectivity index is 1.29. The van der Waals surface area contributed by atoms with Crippen LogP contribution in [0.15, 0.2) is 156 Å². The lowest BCUT2D eigenvalue weighted by Gasteiger charge is -2.24. The van der Waals surface area contributed by atoms with Gasteiger partial charge in [-0.1, -0.05) is 147 Å². The Kier molecular flexibility index (Phi) is 6.56. The van der Waals surface area contributed by atoms with E-state index in [4.69, 9.17) is 19.4 Å². The molecule has 11 rings (SSSR count). The van der Waals surface area contributed by atoms with Crippen molar-refractivity contribution in [2.24, 2.45) is 0 Å². The van der Waals surface area contributed by atoms with Gasteiger partial charge in [-0.25, -0.2) is 15.0 Å². The van der Waals surface area contributed by atoms with E-state index < -0.39 is 0 Å². The van der Waals surface area contributed by atoms with E-state index in [9.17, 15) is 5.26 Å². The van der Waals surface area contributed by atoms with Gasteiger partial charge < -0.3 is 8.98 Å². The van der Waals surface area contributed by atoms with Crippen LogP contribution in [0.25, 0.3) is 94.7 Å². The summed E-state index contributed by atoms with van der Waals surface area (Å²) in [5, 5.41) is 15.1. The summed E-state index contributed by atoms with van der Waals surface area (Å²) in [5.41, 5.74) is 11.8. The van der Waals surface area contributed by atoms with Crippen molar-refractivity contribution in [3.8, 4) is 57.0 Å². The minimum atomic E-state index is -0.283. The fraction of sp³-hybridized carbons (Fsp3) is 0.0612. The number of nitriles is 1. The summed E-state index contributed by atoms with van der Waals surface area (Å²) in [6, 6.07) is 54.1. The number of furan rings is 1. The molecule has 7 aromatic carbocycles. The summed E-state index contributed by atoms with van der Waals surface area (Å²) in [7, 11) is 0. The predicted octanol–water partition coefficient (Wildman–Crippen LogP) is 12.0. The van der Waals surface area contributed by atoms with E-state index in [1.807, 2.05) is 84.9 Å². The highest BCUT2D eigenvalue weighted by molar-refractivity contribution is 6.18. The molecule has 0 N–H and O–H groups in total. The first-order valence-electron chi connectivity index (χ1n) is 18.4. The third-order valence-corrected chi connectivity index (χ3v) is 11.3. The molecule has 0 aliphatic heterocycles. The SMILES string of the molecule is CC1(C)c2ccccc2-c2ccc3c4ccccc4n(-c4cc(C#N)c(-c5nc(-c6ccccc6)nc(-c6ccccc6)n5)c5c4oc4ccccc45)c3c21. The van der Waals surface area contributed by atoms with E-state index in [0.29, 0.717) is 34.2 Å². The van der Waals surface area contributed by atoms with Gasteiger partial charge in [0.25, 0.3) is 0 Å². The topological polar surface area (TPSA) is 80.5 Å². The van der Waals surface area contributed by atoms with E-state index in [1.165, 1.54) is 22.3 Å². The van der Waals surface area contributed by atoms with Crippen LogP contribution in [0.5, 0.6) is 0 Å². The van der Waals surface area contributed by atoms with Gasteiger partial charge >= 0.3 is 0 Å². The molecule has 55 heavy (non-hydrogen) atoms. The zero-order valence-electron chi connectivity index (χ0n) is 30.1. The molecule has 1 aliphatic carbocycles. The molecule has 258 valence electrons. The van der Waals surface area contributed by atoms with Crippen LogP contribution < -0.4 is 0 Å². The highest BCUT2D eigenvalue weighted by atomic mass is 16.3. The molecule has 10 aromatic rings. The van der Waals surface area contributed by atoms with Crippen molar-refractivity contribution in [1.82, 2.24) is 19.5 Å². The fourth-order valence-corrected chi connectivity index (χ4v) is 8.85. The van der Waals surface area contributed by atoms with Crippen molar-refractivity contribution in [2.75, 3.05) is 0 Å². The number of aromatic nitrogens is 4. The highest BCUT2D eigenvalue weighted by Crippen LogP contribution is 2.53. The molecular formula is C49H31N5O. The van der Waals surface area contributed by atoms with Gasteiger partial charge in [0.1, 0.15) is 5.58 Å². The first-order valence-corrected chi connectivity index (χ1v) is 18.4. The molecule has 1 aliphatic rings. The van der Waals surface area contributed by atoms with Gasteiger partial charge in [0, 0.05) is 43.7 Å². The Bertz CT molecular complexity index is 3180. The van der Waals surface area contributed by atoms with Gasteiger partial charge in [-0.05, 0) is 40.5 Å². The minimum absolute atomic E-state index is 0.283. The zero-order chi connectivity index (χ0) is 36.8. The van der Waals surface area contributed by atoms with Crippen LogP contribution in [0.1, 0.15) is 30.5 Å². The molecule has 3 heterocycles. The zero-order valence-corrected chi connectivity index (χ0v) is 30.1. The van der Waals surface area contributed by atoms with Gasteiger partial charge in [-0.2, -0.15) is 5.26 Å². The monoisotopic (exact) mass is 705 g/mol. The largest absolute Gasteiger partial charge is 0.454 e. The average Bonchev–Trinajstić information content (AvgIpc) is 3.86. The van der Waals surface area contributed by atoms with E-state index in [0.717, 1.165) is 55.0 Å². The molecule has 0 spiro atoms. The Hall–Kier alpha value is -7.36. The third kappa shape index (κ3) is 4.44. The Labute approximate surface area is 316 Å². The third-order valence-electron chi connectivity index (χ3n) is 11.3. The average molecular weight is 706 g/mol. The smallest absolute Gasteiger partial charge is 0.166 e. The first kappa shape index (κ1) is 31.2. The van der Waals surface area contributed by atoms with Crippen LogP contribution in [-0.2, 0) is 5.41 Å². The van der Waals surface area contributed by atoms with Crippen molar-refractivity contribution in [1.29, 1.82) is 5.26 Å². The summed E-state index contributed by atoms with van der Waals surface area (Å²) < 4.78 is 9.25. The van der Waals surface area contributed by atoms with Crippen LogP contribution >= 0.6 is 0 Å². The van der Waals surface area contributed by atoms with Gasteiger partial charge in [-0.3, -0.25) is 0 Å². The van der Waals surface area contributed by atoms with E-state index >= 15 is 0 Å². The van der Waals surface area contributed by atoms with Gasteiger partial charge in [0.2, 0.25) is 0 Å². The summed E-state index contributed by atoms with van der Waals surface area (Å²) in [5.74, 6) is 1.46. The lowest BCUT2D eigenvalue weighted by Crippen LogP contribution is -2.16. The van der Waals surface area contributed by atoms with E-state index in [2.05, 4.69) is 91.2 Å². The van der Waals surface area contributed by atoms with E-state index in [1.54, 1.807) is 0 Å². The number of rotatable bonds is 4. The van der Waals surface area contributed by atoms with Crippen molar-refractivity contribution in [3.05, 3.63) is 168 Å². The van der Waals surface area contributed by atoms with Gasteiger partial charge in [0.15, 0.2) is 23.1 Å². The van der Waals surface area contributed by atoms with Crippen molar-refractivity contribution in [2.45, 2.75) is 19.3 Å². The molecule has 6 heteroatoms. The number of hydrogen-bond acceptors (Lipinski definition) is 5. The van der Waals surface area contributed by atoms with E-state index in [-0.39, 0.29) is 5.41 Å². The quantitative estimate of drug-likeness (QED) is 0.182. The summed E-state index contributed by atoms with van der Waals surface area (Å²) >= 11 is 0. The minimum Gasteiger partial charge on any atom is -0.454 e. The number of nitrogens with zero attached hydrogens (tertiary/aromatic N) is 5. The van der Waals surface area contributed by atoms with Crippen molar-refractivity contribution >= 4 is 43.7 Å². The standard InChI is InChI=1S/C49H31N5O/c1-49(2)37-22-12-9-19-32(37)34-25-26-35-33-20-10-13-23-38(33)54(44(35)43(34)49)39-27-31(28-50)41(42-36-21-11-14-24-40(36)55-45(39)42)48-52-46(29-15-5-3-6-16-29)51-47(53-48)30-17-7-4-8-18-30/h3-27H,1-2H3. The lowest BCUT2D eigenvalue weighted by atomic mass is 9.81. The van der Waals surface area contributed by atoms with Crippen LogP contribution in [-0.4, -0.2) is 19.5 Å². The number of benzene rings is 7. The second-order valence-corrected chi connectivity index (χ2v) is 14.7. The predicted molar refractivity (Wildman–Crippen MR) is 220 cm³/mol. The summed E-state index contributed by atoms with van der Waals surface area (Å²) in [4.78, 5) is 15.2. The summed E-state index contributed by atoms with van der Waals surface area (Å²) in [6.45, 7) is 4.63. The molecule has 0 fully saturated rings. The normalized spacial score (nSPS) is 13.0. The van der Waals surface area contributed by atoms with Crippen LogP contribution in [0, 0.1) is 11.3 Å². The van der Waals surface area contributed by atoms with Gasteiger partial charge in [0.05, 0.1) is 28.4 Å². The molecular weight excluding hydrogens is 675 g/mol. The second kappa shape index (κ2) is 11.6. The number of fused-ring (bicyclic) bond motifs is 10. The Morgan fingerprint density at radius 1 is 0.600 bits per heavy atom. The Morgan fingerprint density at radius 3 is 1.95 bits per heavy atom. The van der Waals surface area contributed by atoms with Crippen LogP contribution in [0.3, 0.4) is 0 Å². The molecule has 0 saturated heterocycles. The molecule has 0 bridgehead atoms. The summed E-state index contributed by atoms with van der Waals surface area (Å²) in [6.07, 6.45) is 0. The number of hydrogen-bond donors (Lipinski definition) is 0. The van der Waals surface area contributed by atoms with Crippen LogP contribution in [0.4, 0.5) is 0 Å². The fourth-order valence-electron chi connectivity index (χ4n) is 8.85. The molecule has 0 amide bonds. The maximum absolute atomic E-state index is 11.2. The molecule has 0 radical (unpaired) electrons. The molecule has 0 saturated carbocycles. The molecule has 3 aromatic heterocycles. The molecule has 6 nitrogen and oxygen atoms in total. The molecule has 0 atom stereocenters. The molecule has 0 unspecified atom stereocenters. The van der Waals surface area contributed by atoms with Crippen LogP contribution in [0.2, 0.25) is 0 Å². The maximum Gasteiger partial charge on any atom is 0.166 e. The second-order valence-electron chi connectivity index (χ2n) is 14.7. The first-order chi connectivity index (χ1) is 27.0. The Morgan fingerprint density at radius 2 is 1.22 bits per heavy atom. The number of para-hydroxylation sites is 2. The highest BCUT2D eigenvalue weighted by Gasteiger charge is 2.39.